The van der Waals surface area contributed by atoms with Crippen LogP contribution in [-0.2, 0) is 20.7 Å². The minimum atomic E-state index is -0.804. The molecule has 0 atom stereocenters. The largest absolute Gasteiger partial charge is 0.481 e. The first-order valence-electron chi connectivity index (χ1n) is 5.72. The summed E-state index contributed by atoms with van der Waals surface area (Å²) in [5, 5.41) is 8.65. The van der Waals surface area contributed by atoms with Gasteiger partial charge in [-0.15, -0.1) is 11.8 Å². The molecule has 1 aromatic rings. The molecule has 0 saturated heterocycles. The Morgan fingerprint density at radius 2 is 1.94 bits per heavy atom. The van der Waals surface area contributed by atoms with E-state index in [4.69, 9.17) is 14.6 Å². The zero-order chi connectivity index (χ0) is 13.2. The number of methoxy groups -OCH3 is 1. The molecule has 0 spiro atoms. The van der Waals surface area contributed by atoms with Crippen molar-refractivity contribution in [2.24, 2.45) is 0 Å². The van der Waals surface area contributed by atoms with E-state index in [-0.39, 0.29) is 6.42 Å². The Hall–Kier alpha value is -1.04. The van der Waals surface area contributed by atoms with Crippen LogP contribution in [-0.4, -0.2) is 43.8 Å². The Bertz CT molecular complexity index is 351. The Kier molecular flexibility index (Phi) is 7.48. The highest BCUT2D eigenvalue weighted by molar-refractivity contribution is 7.99. The third-order valence-electron chi connectivity index (χ3n) is 2.21. The zero-order valence-corrected chi connectivity index (χ0v) is 11.2. The number of ether oxygens (including phenoxy) is 2. The molecule has 0 heterocycles. The highest BCUT2D eigenvalue weighted by Gasteiger charge is 2.00. The molecule has 4 nitrogen and oxygen atoms in total. The number of aliphatic carboxylic acids is 1. The topological polar surface area (TPSA) is 55.8 Å². The average Bonchev–Trinajstić information content (AvgIpc) is 2.35. The van der Waals surface area contributed by atoms with Crippen LogP contribution in [0.2, 0.25) is 0 Å². The molecular weight excluding hydrogens is 252 g/mol. The lowest BCUT2D eigenvalue weighted by Gasteiger charge is -2.04. The second-order valence-electron chi connectivity index (χ2n) is 3.67. The van der Waals surface area contributed by atoms with Crippen molar-refractivity contribution in [1.29, 1.82) is 0 Å². The summed E-state index contributed by atoms with van der Waals surface area (Å²) in [6.45, 7) is 1.92. The van der Waals surface area contributed by atoms with E-state index < -0.39 is 5.97 Å². The van der Waals surface area contributed by atoms with E-state index in [0.717, 1.165) is 16.2 Å². The number of carboxylic acids is 1. The van der Waals surface area contributed by atoms with Crippen molar-refractivity contribution >= 4 is 17.7 Å². The number of carbonyl (C=O) groups is 1. The van der Waals surface area contributed by atoms with E-state index in [1.165, 1.54) is 0 Å². The van der Waals surface area contributed by atoms with Gasteiger partial charge >= 0.3 is 5.97 Å². The normalized spacial score (nSPS) is 10.5. The first-order valence-corrected chi connectivity index (χ1v) is 6.71. The third kappa shape index (κ3) is 6.64. The second-order valence-corrected chi connectivity index (χ2v) is 4.84. The molecule has 1 aromatic carbocycles. The summed E-state index contributed by atoms with van der Waals surface area (Å²) in [5.74, 6) is 0.0732. The van der Waals surface area contributed by atoms with Crippen LogP contribution in [0.25, 0.3) is 0 Å². The van der Waals surface area contributed by atoms with Crippen molar-refractivity contribution < 1.29 is 19.4 Å². The number of benzene rings is 1. The van der Waals surface area contributed by atoms with Crippen LogP contribution in [0.5, 0.6) is 0 Å². The number of thioether (sulfide) groups is 1. The summed E-state index contributed by atoms with van der Waals surface area (Å²) in [6.07, 6.45) is 0.0745. The molecule has 0 saturated carbocycles. The van der Waals surface area contributed by atoms with Gasteiger partial charge in [-0.25, -0.2) is 0 Å². The van der Waals surface area contributed by atoms with Crippen molar-refractivity contribution in [2.45, 2.75) is 11.3 Å². The molecule has 0 fully saturated rings. The number of carboxylic acid groups (broad SMARTS) is 1. The lowest BCUT2D eigenvalue weighted by Crippen LogP contribution is -2.04. The molecule has 0 bridgehead atoms. The van der Waals surface area contributed by atoms with E-state index in [2.05, 4.69) is 0 Å². The van der Waals surface area contributed by atoms with Crippen molar-refractivity contribution in [2.75, 3.05) is 32.7 Å². The molecule has 100 valence electrons. The molecule has 0 aliphatic heterocycles. The summed E-state index contributed by atoms with van der Waals surface area (Å²) in [4.78, 5) is 11.6. The minimum Gasteiger partial charge on any atom is -0.481 e. The maximum absolute atomic E-state index is 10.5. The fourth-order valence-corrected chi connectivity index (χ4v) is 2.11. The lowest BCUT2D eigenvalue weighted by molar-refractivity contribution is -0.136. The fraction of sp³-hybridized carbons (Fsp3) is 0.462. The summed E-state index contributed by atoms with van der Waals surface area (Å²) >= 11 is 1.69. The van der Waals surface area contributed by atoms with Crippen molar-refractivity contribution in [3.05, 3.63) is 29.8 Å². The predicted molar refractivity (Wildman–Crippen MR) is 71.2 cm³/mol. The maximum atomic E-state index is 10.5. The van der Waals surface area contributed by atoms with Gasteiger partial charge in [0, 0.05) is 17.8 Å². The highest BCUT2D eigenvalue weighted by atomic mass is 32.2. The van der Waals surface area contributed by atoms with Crippen LogP contribution in [0.3, 0.4) is 0 Å². The van der Waals surface area contributed by atoms with E-state index >= 15 is 0 Å². The Morgan fingerprint density at radius 1 is 1.22 bits per heavy atom. The van der Waals surface area contributed by atoms with Crippen molar-refractivity contribution in [3.63, 3.8) is 0 Å². The van der Waals surface area contributed by atoms with E-state index in [9.17, 15) is 4.79 Å². The summed E-state index contributed by atoms with van der Waals surface area (Å²) < 4.78 is 10.2. The molecule has 0 aliphatic carbocycles. The van der Waals surface area contributed by atoms with E-state index in [1.54, 1.807) is 18.9 Å². The van der Waals surface area contributed by atoms with E-state index in [0.29, 0.717) is 19.8 Å². The van der Waals surface area contributed by atoms with Gasteiger partial charge < -0.3 is 14.6 Å². The van der Waals surface area contributed by atoms with Crippen LogP contribution in [0, 0.1) is 0 Å². The summed E-state index contributed by atoms with van der Waals surface area (Å²) in [7, 11) is 1.65. The van der Waals surface area contributed by atoms with Crippen LogP contribution in [0.4, 0.5) is 0 Å². The van der Waals surface area contributed by atoms with Gasteiger partial charge in [0.15, 0.2) is 0 Å². The van der Waals surface area contributed by atoms with Crippen LogP contribution in [0.1, 0.15) is 5.56 Å². The van der Waals surface area contributed by atoms with Gasteiger partial charge in [0.1, 0.15) is 0 Å². The van der Waals surface area contributed by atoms with Crippen LogP contribution >= 0.6 is 11.8 Å². The first kappa shape index (κ1) is 15.0. The van der Waals surface area contributed by atoms with Crippen LogP contribution < -0.4 is 0 Å². The molecule has 5 heteroatoms. The number of hydrogen-bond acceptors (Lipinski definition) is 4. The Morgan fingerprint density at radius 3 is 2.56 bits per heavy atom. The molecular formula is C13H18O4S. The van der Waals surface area contributed by atoms with Gasteiger partial charge in [-0.1, -0.05) is 12.1 Å². The second kappa shape index (κ2) is 8.97. The van der Waals surface area contributed by atoms with Gasteiger partial charge in [0.2, 0.25) is 0 Å². The SMILES string of the molecule is COCCOCCSc1ccc(CC(=O)O)cc1. The monoisotopic (exact) mass is 270 g/mol. The molecule has 0 radical (unpaired) electrons. The van der Waals surface area contributed by atoms with E-state index in [1.807, 2.05) is 24.3 Å². The fourth-order valence-electron chi connectivity index (χ4n) is 1.34. The third-order valence-corrected chi connectivity index (χ3v) is 3.18. The first-order chi connectivity index (χ1) is 8.72. The molecule has 1 rings (SSSR count). The molecule has 18 heavy (non-hydrogen) atoms. The summed E-state index contributed by atoms with van der Waals surface area (Å²) in [5.41, 5.74) is 0.822. The molecule has 0 amide bonds. The standard InChI is InChI=1S/C13H18O4S/c1-16-6-7-17-8-9-18-12-4-2-11(3-5-12)10-13(14)15/h2-5H,6-10H2,1H3,(H,14,15). The van der Waals surface area contributed by atoms with Gasteiger partial charge in [-0.05, 0) is 17.7 Å². The highest BCUT2D eigenvalue weighted by Crippen LogP contribution is 2.18. The summed E-state index contributed by atoms with van der Waals surface area (Å²) in [6, 6.07) is 7.58. The van der Waals surface area contributed by atoms with Crippen LogP contribution in [0.15, 0.2) is 29.2 Å². The van der Waals surface area contributed by atoms with Crippen molar-refractivity contribution in [3.8, 4) is 0 Å². The number of hydrogen-bond donors (Lipinski definition) is 1. The van der Waals surface area contributed by atoms with Gasteiger partial charge in [0.25, 0.3) is 0 Å². The number of rotatable bonds is 9. The van der Waals surface area contributed by atoms with Gasteiger partial charge in [-0.2, -0.15) is 0 Å². The molecule has 0 unspecified atom stereocenters. The van der Waals surface area contributed by atoms with Gasteiger partial charge in [0.05, 0.1) is 26.2 Å². The predicted octanol–water partition coefficient (Wildman–Crippen LogP) is 2.07. The average molecular weight is 270 g/mol. The molecule has 0 aliphatic rings. The van der Waals surface area contributed by atoms with Crippen molar-refractivity contribution in [1.82, 2.24) is 0 Å². The Balaban J connectivity index is 2.20. The molecule has 0 aromatic heterocycles. The minimum absolute atomic E-state index is 0.0745. The smallest absolute Gasteiger partial charge is 0.307 e. The molecule has 1 N–H and O–H groups in total. The quantitative estimate of drug-likeness (QED) is 0.550. The lowest BCUT2D eigenvalue weighted by atomic mass is 10.2. The maximum Gasteiger partial charge on any atom is 0.307 e. The van der Waals surface area contributed by atoms with Gasteiger partial charge in [-0.3, -0.25) is 4.79 Å². The Labute approximate surface area is 111 Å². The zero-order valence-electron chi connectivity index (χ0n) is 10.4.